The fourth-order valence-corrected chi connectivity index (χ4v) is 6.80. The predicted octanol–water partition coefficient (Wildman–Crippen LogP) is 2.94. The van der Waals surface area contributed by atoms with Crippen LogP contribution in [-0.2, 0) is 26.7 Å². The summed E-state index contributed by atoms with van der Waals surface area (Å²) in [7, 11) is -2.09. The number of amides is 3. The Hall–Kier alpha value is -4.23. The zero-order valence-corrected chi connectivity index (χ0v) is 25.6. The lowest BCUT2D eigenvalue weighted by atomic mass is 9.66. The summed E-state index contributed by atoms with van der Waals surface area (Å²) in [5, 5.41) is 23.5. The molecular weight excluding hydrogens is 584 g/mol. The lowest BCUT2D eigenvalue weighted by Crippen LogP contribution is -2.67. The number of aromatic nitrogens is 2. The molecule has 3 amide bonds. The average molecular weight is 623 g/mol. The van der Waals surface area contributed by atoms with E-state index in [1.54, 1.807) is 37.5 Å². The molecule has 1 heterocycles. The van der Waals surface area contributed by atoms with Crippen LogP contribution in [0.1, 0.15) is 62.2 Å². The second kappa shape index (κ2) is 12.4. The van der Waals surface area contributed by atoms with Crippen molar-refractivity contribution in [2.75, 3.05) is 10.0 Å². The maximum Gasteiger partial charge on any atom is 0.261 e. The van der Waals surface area contributed by atoms with Crippen molar-refractivity contribution in [2.24, 2.45) is 12.5 Å². The van der Waals surface area contributed by atoms with Crippen molar-refractivity contribution in [1.82, 2.24) is 20.4 Å². The molecule has 5 N–H and O–H groups in total. The number of aliphatic hydroxyl groups is 1. The minimum Gasteiger partial charge on any atom is -0.381 e. The number of benzene rings is 2. The van der Waals surface area contributed by atoms with E-state index in [1.807, 2.05) is 0 Å². The number of nitrogens with zero attached hydrogens (tertiary/aromatic N) is 2. The van der Waals surface area contributed by atoms with Crippen molar-refractivity contribution in [3.63, 3.8) is 0 Å². The van der Waals surface area contributed by atoms with Crippen molar-refractivity contribution >= 4 is 39.3 Å². The van der Waals surface area contributed by atoms with E-state index in [2.05, 4.69) is 32.7 Å². The van der Waals surface area contributed by atoms with Crippen molar-refractivity contribution < 1.29 is 27.9 Å². The number of anilines is 2. The van der Waals surface area contributed by atoms with Gasteiger partial charge in [0.05, 0.1) is 10.4 Å². The van der Waals surface area contributed by atoms with Crippen LogP contribution in [-0.4, -0.2) is 58.7 Å². The number of rotatable bonds is 12. The molecule has 0 radical (unpaired) electrons. The van der Waals surface area contributed by atoms with Gasteiger partial charge in [-0.1, -0.05) is 31.5 Å². The van der Waals surface area contributed by atoms with Crippen LogP contribution in [0.2, 0.25) is 0 Å². The zero-order chi connectivity index (χ0) is 31.5. The van der Waals surface area contributed by atoms with Gasteiger partial charge in [0.15, 0.2) is 11.9 Å². The Labute approximate surface area is 256 Å². The Balaban J connectivity index is 1.27. The van der Waals surface area contributed by atoms with Crippen molar-refractivity contribution in [1.29, 1.82) is 0 Å². The summed E-state index contributed by atoms with van der Waals surface area (Å²) in [6, 6.07) is 14.6. The van der Waals surface area contributed by atoms with Crippen molar-refractivity contribution in [3.05, 3.63) is 72.4 Å². The monoisotopic (exact) mass is 622 g/mol. The minimum atomic E-state index is -3.79. The molecule has 3 aromatic rings. The fourth-order valence-electron chi connectivity index (χ4n) is 5.72. The Kier molecular flexibility index (Phi) is 8.80. The lowest BCUT2D eigenvalue weighted by molar-refractivity contribution is -0.137. The molecular formula is C31H38N6O6S. The number of carbonyl (C=O) groups excluding carboxylic acids is 3. The van der Waals surface area contributed by atoms with E-state index < -0.39 is 45.4 Å². The van der Waals surface area contributed by atoms with Crippen LogP contribution in [0, 0.1) is 5.41 Å². The normalized spacial score (nSPS) is 18.1. The summed E-state index contributed by atoms with van der Waals surface area (Å²) in [5.74, 6) is -1.35. The Morgan fingerprint density at radius 3 is 2.16 bits per heavy atom. The minimum absolute atomic E-state index is 0.115. The van der Waals surface area contributed by atoms with E-state index in [0.717, 1.165) is 25.7 Å². The van der Waals surface area contributed by atoms with Crippen LogP contribution in [0.4, 0.5) is 11.5 Å². The number of carbonyl (C=O) groups is 3. The van der Waals surface area contributed by atoms with Gasteiger partial charge in [-0.2, -0.15) is 5.10 Å². The van der Waals surface area contributed by atoms with Crippen LogP contribution in [0.5, 0.6) is 0 Å². The lowest BCUT2D eigenvalue weighted by Gasteiger charge is -2.46. The second-order valence-electron chi connectivity index (χ2n) is 12.2. The Morgan fingerprint density at radius 1 is 0.955 bits per heavy atom. The molecule has 2 saturated carbocycles. The first kappa shape index (κ1) is 31.2. The van der Waals surface area contributed by atoms with Crippen LogP contribution < -0.4 is 20.7 Å². The smallest absolute Gasteiger partial charge is 0.261 e. The van der Waals surface area contributed by atoms with Crippen molar-refractivity contribution in [2.45, 2.75) is 74.4 Å². The molecule has 0 saturated heterocycles. The first-order chi connectivity index (χ1) is 20.9. The fraction of sp³-hybridized carbons (Fsp3) is 0.419. The van der Waals surface area contributed by atoms with Gasteiger partial charge in [0.2, 0.25) is 5.91 Å². The number of aryl methyl sites for hydroxylation is 1. The van der Waals surface area contributed by atoms with Gasteiger partial charge in [-0.15, -0.1) is 0 Å². The second-order valence-corrected chi connectivity index (χ2v) is 13.8. The van der Waals surface area contributed by atoms with Crippen LogP contribution in [0.25, 0.3) is 0 Å². The van der Waals surface area contributed by atoms with Crippen LogP contribution in [0.3, 0.4) is 0 Å². The standard InChI is InChI=1S/C31H38N6O6S/c1-30(15-6-16-30)20-24(28(40)34-31(17-7-18-31)26(38)29(41)33-25-14-19-37(2)35-25)32-27(39)21-10-12-22(13-11-21)36-44(42,43)23-8-4-3-5-9-23/h3-5,8-14,19,24,26,36,38H,6-7,15-18,20H2,1-2H3,(H,32,39)(H,34,40)(H,33,35,41)/t24-,26?/m0/s1. The molecule has 2 aliphatic rings. The number of hydrogen-bond donors (Lipinski definition) is 5. The molecule has 0 bridgehead atoms. The van der Waals surface area contributed by atoms with E-state index >= 15 is 0 Å². The highest BCUT2D eigenvalue weighted by molar-refractivity contribution is 7.92. The molecule has 12 nitrogen and oxygen atoms in total. The maximum absolute atomic E-state index is 13.7. The molecule has 44 heavy (non-hydrogen) atoms. The van der Waals surface area contributed by atoms with Crippen molar-refractivity contribution in [3.8, 4) is 0 Å². The van der Waals surface area contributed by atoms with E-state index in [9.17, 15) is 27.9 Å². The average Bonchev–Trinajstić information content (AvgIpc) is 3.37. The third kappa shape index (κ3) is 6.94. The highest BCUT2D eigenvalue weighted by atomic mass is 32.2. The van der Waals surface area contributed by atoms with Gasteiger partial charge in [-0.05, 0) is 80.3 Å². The van der Waals surface area contributed by atoms with Gasteiger partial charge in [0.1, 0.15) is 6.04 Å². The number of hydrogen-bond acceptors (Lipinski definition) is 7. The molecule has 2 fully saturated rings. The summed E-state index contributed by atoms with van der Waals surface area (Å²) in [6.07, 6.45) is 4.97. The first-order valence-electron chi connectivity index (χ1n) is 14.7. The molecule has 2 aliphatic carbocycles. The Bertz CT molecular complexity index is 1610. The van der Waals surface area contributed by atoms with Gasteiger partial charge < -0.3 is 21.1 Å². The molecule has 1 unspecified atom stereocenters. The van der Waals surface area contributed by atoms with Gasteiger partial charge in [-0.3, -0.25) is 23.8 Å². The summed E-state index contributed by atoms with van der Waals surface area (Å²) < 4.78 is 29.3. The molecule has 5 rings (SSSR count). The van der Waals surface area contributed by atoms with E-state index in [4.69, 9.17) is 0 Å². The highest BCUT2D eigenvalue weighted by Crippen LogP contribution is 2.44. The molecule has 1 aromatic heterocycles. The topological polar surface area (TPSA) is 172 Å². The summed E-state index contributed by atoms with van der Waals surface area (Å²) in [6.45, 7) is 2.07. The van der Waals surface area contributed by atoms with Gasteiger partial charge in [-0.25, -0.2) is 8.42 Å². The number of aliphatic hydroxyl groups excluding tert-OH is 1. The first-order valence-corrected chi connectivity index (χ1v) is 16.2. The zero-order valence-electron chi connectivity index (χ0n) is 24.7. The molecule has 13 heteroatoms. The highest BCUT2D eigenvalue weighted by Gasteiger charge is 2.49. The molecule has 0 spiro atoms. The molecule has 2 aromatic carbocycles. The van der Waals surface area contributed by atoms with Crippen LogP contribution in [0.15, 0.2) is 71.8 Å². The van der Waals surface area contributed by atoms with Gasteiger partial charge in [0.25, 0.3) is 21.8 Å². The largest absolute Gasteiger partial charge is 0.381 e. The number of nitrogens with one attached hydrogen (secondary N) is 4. The van der Waals surface area contributed by atoms with Crippen LogP contribution >= 0.6 is 0 Å². The summed E-state index contributed by atoms with van der Waals surface area (Å²) in [4.78, 5) is 40.0. The number of sulfonamides is 1. The Morgan fingerprint density at radius 2 is 1.61 bits per heavy atom. The van der Waals surface area contributed by atoms with Gasteiger partial charge in [0, 0.05) is 30.6 Å². The third-order valence-electron chi connectivity index (χ3n) is 8.69. The summed E-state index contributed by atoms with van der Waals surface area (Å²) in [5.41, 5.74) is -0.753. The van der Waals surface area contributed by atoms with E-state index in [1.165, 1.54) is 41.1 Å². The van der Waals surface area contributed by atoms with E-state index in [-0.39, 0.29) is 21.6 Å². The van der Waals surface area contributed by atoms with E-state index in [0.29, 0.717) is 25.1 Å². The SMILES string of the molecule is Cn1ccc(NC(=O)C(O)C2(NC(=O)[C@H](CC3(C)CCC3)NC(=O)c3ccc(NS(=O)(=O)c4ccccc4)cc3)CCC2)n1. The maximum atomic E-state index is 13.7. The molecule has 0 aliphatic heterocycles. The predicted molar refractivity (Wildman–Crippen MR) is 164 cm³/mol. The quantitative estimate of drug-likeness (QED) is 0.207. The molecule has 234 valence electrons. The van der Waals surface area contributed by atoms with Gasteiger partial charge >= 0.3 is 0 Å². The molecule has 2 atom stereocenters. The summed E-state index contributed by atoms with van der Waals surface area (Å²) >= 11 is 0. The third-order valence-corrected chi connectivity index (χ3v) is 10.1.